The summed E-state index contributed by atoms with van der Waals surface area (Å²) >= 11 is 3.44. The first-order chi connectivity index (χ1) is 12.1. The van der Waals surface area contributed by atoms with Crippen molar-refractivity contribution in [1.29, 1.82) is 0 Å². The van der Waals surface area contributed by atoms with Crippen LogP contribution in [-0.2, 0) is 4.43 Å². The summed E-state index contributed by atoms with van der Waals surface area (Å²) in [6.07, 6.45) is -1.68. The number of hydrogen-bond donors (Lipinski definition) is 1. The highest BCUT2D eigenvalue weighted by atomic mass is 79.9. The van der Waals surface area contributed by atoms with Gasteiger partial charge in [0.2, 0.25) is 20.4 Å². The predicted octanol–water partition coefficient (Wildman–Crippen LogP) is 5.11. The third-order valence-electron chi connectivity index (χ3n) is 5.25. The van der Waals surface area contributed by atoms with Gasteiger partial charge in [0, 0.05) is 4.47 Å². The Morgan fingerprint density at radius 3 is 2.15 bits per heavy atom. The van der Waals surface area contributed by atoms with Gasteiger partial charge in [0.05, 0.1) is 13.7 Å². The lowest BCUT2D eigenvalue weighted by molar-refractivity contribution is -0.126. The van der Waals surface area contributed by atoms with Crippen molar-refractivity contribution >= 4 is 24.2 Å². The molecular weight excluding hydrogens is 416 g/mol. The SMILES string of the molecule is COc1cc(Br)cc2c1O[C@H](O)[C@H](CO[Si](C(C)C)(C(C)C)C(C)C)O2. The minimum Gasteiger partial charge on any atom is -0.493 e. The molecule has 0 saturated carbocycles. The van der Waals surface area contributed by atoms with Crippen LogP contribution in [0.25, 0.3) is 0 Å². The molecule has 0 aromatic heterocycles. The van der Waals surface area contributed by atoms with E-state index in [2.05, 4.69) is 57.5 Å². The average Bonchev–Trinajstić information content (AvgIpc) is 2.54. The first-order valence-electron chi connectivity index (χ1n) is 9.16. The maximum atomic E-state index is 10.4. The summed E-state index contributed by atoms with van der Waals surface area (Å²) in [6.45, 7) is 13.7. The first-order valence-corrected chi connectivity index (χ1v) is 12.1. The molecule has 1 aliphatic heterocycles. The molecule has 0 fully saturated rings. The van der Waals surface area contributed by atoms with Crippen LogP contribution < -0.4 is 14.2 Å². The Labute approximate surface area is 166 Å². The van der Waals surface area contributed by atoms with E-state index in [0.717, 1.165) is 4.47 Å². The van der Waals surface area contributed by atoms with E-state index in [9.17, 15) is 5.11 Å². The van der Waals surface area contributed by atoms with Crippen molar-refractivity contribution in [2.24, 2.45) is 0 Å². The molecule has 1 aliphatic rings. The van der Waals surface area contributed by atoms with E-state index >= 15 is 0 Å². The van der Waals surface area contributed by atoms with Crippen LogP contribution in [0.15, 0.2) is 16.6 Å². The Morgan fingerprint density at radius 2 is 1.65 bits per heavy atom. The number of benzene rings is 1. The molecule has 0 amide bonds. The third-order valence-corrected chi connectivity index (χ3v) is 11.8. The van der Waals surface area contributed by atoms with Crippen LogP contribution in [0.2, 0.25) is 16.6 Å². The molecule has 1 aromatic carbocycles. The molecule has 0 spiro atoms. The zero-order chi connectivity index (χ0) is 19.6. The monoisotopic (exact) mass is 446 g/mol. The molecule has 1 N–H and O–H groups in total. The van der Waals surface area contributed by atoms with E-state index in [1.54, 1.807) is 13.2 Å². The highest BCUT2D eigenvalue weighted by Gasteiger charge is 2.46. The van der Waals surface area contributed by atoms with Crippen LogP contribution in [0.4, 0.5) is 0 Å². The molecule has 0 aliphatic carbocycles. The van der Waals surface area contributed by atoms with Crippen molar-refractivity contribution in [3.05, 3.63) is 16.6 Å². The number of halogens is 1. The van der Waals surface area contributed by atoms with Gasteiger partial charge in [0.1, 0.15) is 0 Å². The number of methoxy groups -OCH3 is 1. The molecular formula is C19H31BrO5Si. The van der Waals surface area contributed by atoms with Gasteiger partial charge in [-0.3, -0.25) is 0 Å². The van der Waals surface area contributed by atoms with Crippen molar-refractivity contribution in [2.45, 2.75) is 70.6 Å². The second-order valence-corrected chi connectivity index (χ2v) is 14.1. The quantitative estimate of drug-likeness (QED) is 0.589. The van der Waals surface area contributed by atoms with Gasteiger partial charge in [-0.1, -0.05) is 57.5 Å². The van der Waals surface area contributed by atoms with Crippen molar-refractivity contribution in [3.63, 3.8) is 0 Å². The minimum atomic E-state index is -2.04. The minimum absolute atomic E-state index is 0.302. The summed E-state index contributed by atoms with van der Waals surface area (Å²) in [5.74, 6) is 1.48. The van der Waals surface area contributed by atoms with E-state index in [0.29, 0.717) is 40.5 Å². The van der Waals surface area contributed by atoms with Crippen molar-refractivity contribution in [1.82, 2.24) is 0 Å². The normalized spacial score (nSPS) is 20.2. The Kier molecular flexibility index (Phi) is 7.04. The van der Waals surface area contributed by atoms with Crippen LogP contribution in [0, 0.1) is 0 Å². The molecule has 0 unspecified atom stereocenters. The third kappa shape index (κ3) is 4.05. The molecule has 0 saturated heterocycles. The topological polar surface area (TPSA) is 57.2 Å². The summed E-state index contributed by atoms with van der Waals surface area (Å²) in [4.78, 5) is 0. The van der Waals surface area contributed by atoms with E-state index in [-0.39, 0.29) is 0 Å². The number of rotatable bonds is 7. The standard InChI is InChI=1S/C19H31BrO5Si/c1-11(2)26(12(3)4,13(5)6)23-10-17-19(21)25-18-15(22-7)8-14(20)9-16(18)24-17/h8-9,11-13,17,19,21H,10H2,1-7H3/t17-,19-/m0/s1. The second-order valence-electron chi connectivity index (χ2n) is 7.73. The number of aliphatic hydroxyl groups excluding tert-OH is 1. The molecule has 148 valence electrons. The Bertz CT molecular complexity index is 598. The fourth-order valence-electron chi connectivity index (χ4n) is 4.16. The lowest BCUT2D eigenvalue weighted by Crippen LogP contribution is -2.52. The molecule has 7 heteroatoms. The van der Waals surface area contributed by atoms with Gasteiger partial charge in [-0.05, 0) is 28.8 Å². The highest BCUT2D eigenvalue weighted by Crippen LogP contribution is 2.45. The lowest BCUT2D eigenvalue weighted by Gasteiger charge is -2.43. The second kappa shape index (κ2) is 8.50. The number of aliphatic hydroxyl groups is 1. The van der Waals surface area contributed by atoms with Crippen molar-refractivity contribution in [3.8, 4) is 17.2 Å². The molecule has 2 rings (SSSR count). The molecule has 1 heterocycles. The molecule has 0 radical (unpaired) electrons. The zero-order valence-corrected chi connectivity index (χ0v) is 19.3. The van der Waals surface area contributed by atoms with Gasteiger partial charge in [-0.25, -0.2) is 0 Å². The summed E-state index contributed by atoms with van der Waals surface area (Å²) in [6, 6.07) is 3.59. The molecule has 2 atom stereocenters. The lowest BCUT2D eigenvalue weighted by atomic mass is 10.2. The maximum absolute atomic E-state index is 10.4. The molecule has 26 heavy (non-hydrogen) atoms. The Hall–Kier alpha value is -0.763. The van der Waals surface area contributed by atoms with E-state index in [1.807, 2.05) is 6.07 Å². The summed E-state index contributed by atoms with van der Waals surface area (Å²) in [5, 5.41) is 10.4. The highest BCUT2D eigenvalue weighted by molar-refractivity contribution is 9.10. The zero-order valence-electron chi connectivity index (χ0n) is 16.7. The van der Waals surface area contributed by atoms with Crippen LogP contribution in [0.5, 0.6) is 17.2 Å². The Balaban J connectivity index is 2.22. The summed E-state index contributed by atoms with van der Waals surface area (Å²) in [7, 11) is -0.486. The predicted molar refractivity (Wildman–Crippen MR) is 109 cm³/mol. The van der Waals surface area contributed by atoms with Crippen LogP contribution in [-0.4, -0.2) is 39.5 Å². The first kappa shape index (κ1) is 21.5. The van der Waals surface area contributed by atoms with Crippen molar-refractivity contribution in [2.75, 3.05) is 13.7 Å². The van der Waals surface area contributed by atoms with Crippen LogP contribution in [0.3, 0.4) is 0 Å². The van der Waals surface area contributed by atoms with Gasteiger partial charge in [-0.2, -0.15) is 0 Å². The van der Waals surface area contributed by atoms with Gasteiger partial charge >= 0.3 is 0 Å². The van der Waals surface area contributed by atoms with Crippen LogP contribution in [0.1, 0.15) is 41.5 Å². The fraction of sp³-hybridized carbons (Fsp3) is 0.684. The van der Waals surface area contributed by atoms with Gasteiger partial charge < -0.3 is 23.7 Å². The number of ether oxygens (including phenoxy) is 3. The largest absolute Gasteiger partial charge is 0.493 e. The van der Waals surface area contributed by atoms with Gasteiger partial charge in [0.25, 0.3) is 0 Å². The van der Waals surface area contributed by atoms with Crippen molar-refractivity contribution < 1.29 is 23.7 Å². The Morgan fingerprint density at radius 1 is 1.08 bits per heavy atom. The molecule has 0 bridgehead atoms. The number of fused-ring (bicyclic) bond motifs is 1. The maximum Gasteiger partial charge on any atom is 0.237 e. The van der Waals surface area contributed by atoms with Crippen LogP contribution >= 0.6 is 15.9 Å². The summed E-state index contributed by atoms with van der Waals surface area (Å²) < 4.78 is 24.4. The number of hydrogen-bond acceptors (Lipinski definition) is 5. The molecule has 5 nitrogen and oxygen atoms in total. The van der Waals surface area contributed by atoms with E-state index in [4.69, 9.17) is 18.6 Å². The summed E-state index contributed by atoms with van der Waals surface area (Å²) in [5.41, 5.74) is 1.39. The molecule has 1 aromatic rings. The average molecular weight is 447 g/mol. The van der Waals surface area contributed by atoms with E-state index < -0.39 is 20.7 Å². The smallest absolute Gasteiger partial charge is 0.237 e. The van der Waals surface area contributed by atoms with Gasteiger partial charge in [0.15, 0.2) is 17.6 Å². The van der Waals surface area contributed by atoms with E-state index in [1.165, 1.54) is 0 Å². The fourth-order valence-corrected chi connectivity index (χ4v) is 10.0. The van der Waals surface area contributed by atoms with Gasteiger partial charge in [-0.15, -0.1) is 0 Å².